The van der Waals surface area contributed by atoms with Crippen LogP contribution in [0.3, 0.4) is 0 Å². The Morgan fingerprint density at radius 2 is 2.30 bits per heavy atom. The topological polar surface area (TPSA) is 60.9 Å². The molecule has 0 saturated carbocycles. The van der Waals surface area contributed by atoms with Crippen LogP contribution in [-0.2, 0) is 7.05 Å². The molecule has 1 heterocycles. The lowest BCUT2D eigenvalue weighted by Crippen LogP contribution is -2.23. The first-order valence-corrected chi connectivity index (χ1v) is 2.84. The highest BCUT2D eigenvalue weighted by Crippen LogP contribution is 1.97. The molecule has 10 heavy (non-hydrogen) atoms. The Labute approximate surface area is 58.3 Å². The number of anilines is 1. The second-order valence-electron chi connectivity index (χ2n) is 2.08. The number of nitrogens with zero attached hydrogens (tertiary/aromatic N) is 2. The predicted octanol–water partition coefficient (Wildman–Crippen LogP) is -0.529. The molecule has 0 amide bonds. The fraction of sp³-hybridized carbons (Fsp3) is 0.333. The minimum absolute atomic E-state index is 0.220. The molecular formula is C6H8N3O. The molecule has 0 aliphatic carbocycles. The Morgan fingerprint density at radius 3 is 2.80 bits per heavy atom. The molecular weight excluding hydrogens is 130 g/mol. The van der Waals surface area contributed by atoms with E-state index in [4.69, 9.17) is 5.73 Å². The molecule has 1 rings (SSSR count). The number of nitrogens with two attached hydrogens (primary N) is 1. The summed E-state index contributed by atoms with van der Waals surface area (Å²) in [6.07, 6.45) is 2.60. The van der Waals surface area contributed by atoms with Gasteiger partial charge in [0.1, 0.15) is 11.9 Å². The molecule has 1 aromatic heterocycles. The van der Waals surface area contributed by atoms with Crippen LogP contribution in [0, 0.1) is 13.1 Å². The minimum Gasteiger partial charge on any atom is -0.394 e. The predicted molar refractivity (Wildman–Crippen MR) is 37.5 cm³/mol. The molecule has 4 nitrogen and oxygen atoms in total. The first-order chi connectivity index (χ1) is 4.63. The third-order valence-electron chi connectivity index (χ3n) is 1.30. The van der Waals surface area contributed by atoms with Gasteiger partial charge in [-0.15, -0.1) is 0 Å². The van der Waals surface area contributed by atoms with E-state index in [1.165, 1.54) is 7.05 Å². The van der Waals surface area contributed by atoms with Crippen LogP contribution in [0.2, 0.25) is 0 Å². The van der Waals surface area contributed by atoms with Gasteiger partial charge in [-0.2, -0.15) is 5.10 Å². The zero-order valence-electron chi connectivity index (χ0n) is 5.88. The van der Waals surface area contributed by atoms with Crippen LogP contribution in [0.4, 0.5) is 5.69 Å². The van der Waals surface area contributed by atoms with Gasteiger partial charge >= 0.3 is 0 Å². The molecule has 0 aliphatic heterocycles. The molecule has 0 spiro atoms. The Bertz CT molecular complexity index is 302. The van der Waals surface area contributed by atoms with Crippen molar-refractivity contribution in [1.82, 2.24) is 9.78 Å². The van der Waals surface area contributed by atoms with Crippen LogP contribution in [0.15, 0.2) is 4.79 Å². The largest absolute Gasteiger partial charge is 0.394 e. The van der Waals surface area contributed by atoms with E-state index in [2.05, 4.69) is 11.3 Å². The Kier molecular flexibility index (Phi) is 1.45. The fourth-order valence-corrected chi connectivity index (χ4v) is 0.590. The van der Waals surface area contributed by atoms with E-state index < -0.39 is 0 Å². The molecule has 0 bridgehead atoms. The van der Waals surface area contributed by atoms with Crippen molar-refractivity contribution >= 4 is 5.69 Å². The van der Waals surface area contributed by atoms with Crippen LogP contribution < -0.4 is 11.3 Å². The third-order valence-corrected chi connectivity index (χ3v) is 1.30. The maximum absolute atomic E-state index is 10.9. The molecule has 0 atom stereocenters. The highest BCUT2D eigenvalue weighted by Gasteiger charge is 1.99. The van der Waals surface area contributed by atoms with E-state index in [1.807, 2.05) is 0 Å². The molecule has 0 saturated heterocycles. The Hall–Kier alpha value is -1.32. The van der Waals surface area contributed by atoms with Crippen LogP contribution in [-0.4, -0.2) is 9.78 Å². The van der Waals surface area contributed by atoms with Crippen molar-refractivity contribution in [2.24, 2.45) is 7.05 Å². The summed E-state index contributed by atoms with van der Waals surface area (Å²) >= 11 is 0. The second kappa shape index (κ2) is 2.13. The van der Waals surface area contributed by atoms with Crippen molar-refractivity contribution < 1.29 is 0 Å². The van der Waals surface area contributed by atoms with Gasteiger partial charge in [-0.3, -0.25) is 4.79 Å². The molecule has 0 fully saturated rings. The van der Waals surface area contributed by atoms with Gasteiger partial charge < -0.3 is 5.73 Å². The maximum Gasteiger partial charge on any atom is 0.289 e. The van der Waals surface area contributed by atoms with Gasteiger partial charge in [0.2, 0.25) is 0 Å². The molecule has 0 aliphatic rings. The van der Waals surface area contributed by atoms with Gasteiger partial charge in [0.15, 0.2) is 0 Å². The number of hydrogen-bond acceptors (Lipinski definition) is 3. The van der Waals surface area contributed by atoms with Gasteiger partial charge in [0, 0.05) is 12.6 Å². The normalized spacial score (nSPS) is 9.80. The zero-order chi connectivity index (χ0) is 7.72. The van der Waals surface area contributed by atoms with Crippen LogP contribution in [0.1, 0.15) is 5.56 Å². The lowest BCUT2D eigenvalue weighted by Gasteiger charge is -1.98. The summed E-state index contributed by atoms with van der Waals surface area (Å²) in [4.78, 5) is 10.9. The van der Waals surface area contributed by atoms with Crippen molar-refractivity contribution in [2.45, 2.75) is 6.92 Å². The molecule has 53 valence electrons. The maximum atomic E-state index is 10.9. The van der Waals surface area contributed by atoms with Gasteiger partial charge in [-0.25, -0.2) is 4.68 Å². The van der Waals surface area contributed by atoms with Crippen molar-refractivity contribution in [2.75, 3.05) is 5.73 Å². The minimum atomic E-state index is -0.267. The summed E-state index contributed by atoms with van der Waals surface area (Å²) in [5, 5.41) is 3.64. The summed E-state index contributed by atoms with van der Waals surface area (Å²) in [5.74, 6) is 0. The Morgan fingerprint density at radius 1 is 1.70 bits per heavy atom. The highest BCUT2D eigenvalue weighted by molar-refractivity contribution is 5.40. The number of aryl methyl sites for hydroxylation is 2. The van der Waals surface area contributed by atoms with Crippen molar-refractivity contribution in [3.63, 3.8) is 0 Å². The molecule has 4 heteroatoms. The summed E-state index contributed by atoms with van der Waals surface area (Å²) in [7, 11) is 1.54. The smallest absolute Gasteiger partial charge is 0.289 e. The summed E-state index contributed by atoms with van der Waals surface area (Å²) in [6.45, 7) is 1.70. The van der Waals surface area contributed by atoms with Gasteiger partial charge in [0.25, 0.3) is 5.56 Å². The van der Waals surface area contributed by atoms with Crippen molar-refractivity contribution in [1.29, 1.82) is 0 Å². The van der Waals surface area contributed by atoms with E-state index in [9.17, 15) is 4.79 Å². The molecule has 0 aromatic carbocycles. The molecule has 1 aromatic rings. The van der Waals surface area contributed by atoms with Gasteiger partial charge in [-0.1, -0.05) is 0 Å². The monoisotopic (exact) mass is 138 g/mol. The summed E-state index contributed by atoms with van der Waals surface area (Å²) in [5.41, 5.74) is 5.93. The fourth-order valence-electron chi connectivity index (χ4n) is 0.590. The van der Waals surface area contributed by atoms with Gasteiger partial charge in [-0.05, 0) is 6.92 Å². The van der Waals surface area contributed by atoms with Crippen LogP contribution in [0.5, 0.6) is 0 Å². The van der Waals surface area contributed by atoms with E-state index in [0.29, 0.717) is 5.56 Å². The first-order valence-electron chi connectivity index (χ1n) is 2.84. The number of rotatable bonds is 0. The average molecular weight is 138 g/mol. The SMILES string of the molecule is Cc1[c]nn(C)c(=O)c1N. The van der Waals surface area contributed by atoms with Crippen molar-refractivity contribution in [3.05, 3.63) is 22.1 Å². The molecule has 0 unspecified atom stereocenters. The lowest BCUT2D eigenvalue weighted by molar-refractivity contribution is 0.703. The van der Waals surface area contributed by atoms with Crippen LogP contribution >= 0.6 is 0 Å². The van der Waals surface area contributed by atoms with Crippen molar-refractivity contribution in [3.8, 4) is 0 Å². The Balaban J connectivity index is 3.50. The number of hydrogen-bond donors (Lipinski definition) is 1. The zero-order valence-corrected chi connectivity index (χ0v) is 5.88. The van der Waals surface area contributed by atoms with Gasteiger partial charge in [0.05, 0.1) is 0 Å². The summed E-state index contributed by atoms with van der Waals surface area (Å²) < 4.78 is 1.16. The quantitative estimate of drug-likeness (QED) is 0.524. The summed E-state index contributed by atoms with van der Waals surface area (Å²) in [6, 6.07) is 0. The average Bonchev–Trinajstić information content (AvgIpc) is 1.93. The number of aromatic nitrogens is 2. The van der Waals surface area contributed by atoms with E-state index in [1.54, 1.807) is 6.92 Å². The highest BCUT2D eigenvalue weighted by atomic mass is 16.1. The standard InChI is InChI=1S/C6H8N3O/c1-4-3-8-9(2)6(10)5(4)7/h7H2,1-2H3. The second-order valence-corrected chi connectivity index (χ2v) is 2.08. The molecule has 1 radical (unpaired) electrons. The van der Waals surface area contributed by atoms with Crippen LogP contribution in [0.25, 0.3) is 0 Å². The molecule has 2 N–H and O–H groups in total. The van der Waals surface area contributed by atoms with E-state index in [-0.39, 0.29) is 11.2 Å². The first kappa shape index (κ1) is 6.80. The number of nitrogen functional groups attached to an aromatic ring is 1. The van der Waals surface area contributed by atoms with E-state index >= 15 is 0 Å². The lowest BCUT2D eigenvalue weighted by atomic mass is 10.3. The third kappa shape index (κ3) is 0.877. The van der Waals surface area contributed by atoms with E-state index in [0.717, 1.165) is 4.68 Å².